The van der Waals surface area contributed by atoms with Crippen molar-refractivity contribution in [3.63, 3.8) is 0 Å². The van der Waals surface area contributed by atoms with Crippen LogP contribution in [-0.4, -0.2) is 23.8 Å². The van der Waals surface area contributed by atoms with Crippen LogP contribution >= 0.6 is 0 Å². The Bertz CT molecular complexity index is 324. The normalized spacial score (nSPS) is 14.2. The molecule has 0 spiro atoms. The molecule has 0 rings (SSSR count). The van der Waals surface area contributed by atoms with Crippen LogP contribution in [0.3, 0.4) is 0 Å². The van der Waals surface area contributed by atoms with E-state index in [2.05, 4.69) is 6.58 Å². The summed E-state index contributed by atoms with van der Waals surface area (Å²) in [5.74, 6) is -0.404. The highest BCUT2D eigenvalue weighted by Gasteiger charge is 2.13. The van der Waals surface area contributed by atoms with Gasteiger partial charge in [0.05, 0.1) is 19.1 Å². The third-order valence-corrected chi connectivity index (χ3v) is 1.96. The predicted octanol–water partition coefficient (Wildman–Crippen LogP) is 2.55. The van der Waals surface area contributed by atoms with E-state index in [1.54, 1.807) is 37.3 Å². The van der Waals surface area contributed by atoms with E-state index in [1.807, 2.05) is 13.0 Å². The van der Waals surface area contributed by atoms with Gasteiger partial charge in [-0.3, -0.25) is 4.79 Å². The van der Waals surface area contributed by atoms with Gasteiger partial charge in [-0.25, -0.2) is 0 Å². The van der Waals surface area contributed by atoms with Gasteiger partial charge in [-0.05, 0) is 19.4 Å². The van der Waals surface area contributed by atoms with Crippen molar-refractivity contribution in [3.05, 3.63) is 48.6 Å². The van der Waals surface area contributed by atoms with Crippen LogP contribution in [-0.2, 0) is 9.53 Å². The molecule has 0 radical (unpaired) electrons. The zero-order chi connectivity index (χ0) is 13.1. The van der Waals surface area contributed by atoms with Crippen molar-refractivity contribution in [1.82, 2.24) is 0 Å². The quantitative estimate of drug-likeness (QED) is 0.546. The largest absolute Gasteiger partial charge is 0.466 e. The summed E-state index contributed by atoms with van der Waals surface area (Å²) in [5.41, 5.74) is 0.649. The highest BCUT2D eigenvalue weighted by atomic mass is 16.5. The minimum Gasteiger partial charge on any atom is -0.466 e. The molecule has 0 bridgehead atoms. The van der Waals surface area contributed by atoms with Crippen LogP contribution in [0.25, 0.3) is 0 Å². The molecule has 0 saturated carbocycles. The average molecular weight is 236 g/mol. The summed E-state index contributed by atoms with van der Waals surface area (Å²) in [6.07, 6.45) is 9.54. The molecule has 0 unspecified atom stereocenters. The Balaban J connectivity index is 4.63. The fourth-order valence-electron chi connectivity index (χ4n) is 1.16. The Hall–Kier alpha value is -1.61. The molecule has 0 heterocycles. The molecule has 17 heavy (non-hydrogen) atoms. The van der Waals surface area contributed by atoms with Crippen LogP contribution in [0, 0.1) is 0 Å². The van der Waals surface area contributed by atoms with Gasteiger partial charge in [-0.2, -0.15) is 0 Å². The minimum absolute atomic E-state index is 0.0429. The highest BCUT2D eigenvalue weighted by Crippen LogP contribution is 2.10. The van der Waals surface area contributed by atoms with Crippen molar-refractivity contribution in [3.8, 4) is 0 Å². The van der Waals surface area contributed by atoms with Crippen molar-refractivity contribution < 1.29 is 14.6 Å². The molecule has 94 valence electrons. The Morgan fingerprint density at radius 3 is 2.71 bits per heavy atom. The second kappa shape index (κ2) is 9.60. The number of ether oxygens (including phenoxy) is 1. The van der Waals surface area contributed by atoms with Gasteiger partial charge in [0, 0.05) is 0 Å². The lowest BCUT2D eigenvalue weighted by Crippen LogP contribution is -2.17. The summed E-state index contributed by atoms with van der Waals surface area (Å²) >= 11 is 0. The maximum Gasteiger partial charge on any atom is 0.308 e. The molecule has 0 aliphatic heterocycles. The van der Waals surface area contributed by atoms with Gasteiger partial charge >= 0.3 is 5.97 Å². The Kier molecular flexibility index (Phi) is 8.69. The number of carbonyl (C=O) groups is 1. The van der Waals surface area contributed by atoms with Gasteiger partial charge in [-0.1, -0.05) is 43.0 Å². The molecular formula is C14H20O3. The van der Waals surface area contributed by atoms with Crippen LogP contribution in [0.1, 0.15) is 20.3 Å². The average Bonchev–Trinajstić information content (AvgIpc) is 2.29. The van der Waals surface area contributed by atoms with Crippen molar-refractivity contribution in [2.75, 3.05) is 6.61 Å². The molecule has 3 nitrogen and oxygen atoms in total. The van der Waals surface area contributed by atoms with E-state index in [9.17, 15) is 9.90 Å². The van der Waals surface area contributed by atoms with Gasteiger partial charge in [0.2, 0.25) is 0 Å². The highest BCUT2D eigenvalue weighted by molar-refractivity contribution is 5.70. The molecule has 0 aliphatic rings. The second-order valence-electron chi connectivity index (χ2n) is 3.31. The van der Waals surface area contributed by atoms with Gasteiger partial charge in [0.1, 0.15) is 0 Å². The van der Waals surface area contributed by atoms with E-state index in [4.69, 9.17) is 4.74 Å². The Morgan fingerprint density at radius 1 is 1.47 bits per heavy atom. The Morgan fingerprint density at radius 2 is 2.18 bits per heavy atom. The van der Waals surface area contributed by atoms with Crippen molar-refractivity contribution >= 4 is 5.97 Å². The third-order valence-electron chi connectivity index (χ3n) is 1.96. The number of hydrogen-bond acceptors (Lipinski definition) is 3. The van der Waals surface area contributed by atoms with Crippen LogP contribution in [0.15, 0.2) is 48.6 Å². The van der Waals surface area contributed by atoms with E-state index in [0.717, 1.165) is 0 Å². The van der Waals surface area contributed by atoms with Crippen molar-refractivity contribution in [2.24, 2.45) is 0 Å². The zero-order valence-electron chi connectivity index (χ0n) is 10.4. The van der Waals surface area contributed by atoms with Gasteiger partial charge < -0.3 is 9.84 Å². The van der Waals surface area contributed by atoms with Gasteiger partial charge in [0.15, 0.2) is 0 Å². The molecule has 0 fully saturated rings. The molecule has 1 N–H and O–H groups in total. The molecule has 0 amide bonds. The fourth-order valence-corrected chi connectivity index (χ4v) is 1.16. The summed E-state index contributed by atoms with van der Waals surface area (Å²) in [6.45, 7) is 7.49. The summed E-state index contributed by atoms with van der Waals surface area (Å²) in [7, 11) is 0. The second-order valence-corrected chi connectivity index (χ2v) is 3.31. The number of allylic oxidation sites excluding steroid dienone is 5. The summed E-state index contributed by atoms with van der Waals surface area (Å²) in [4.78, 5) is 11.2. The topological polar surface area (TPSA) is 46.5 Å². The standard InChI is InChI=1S/C14H20O3/c1-4-7-9-12(10-8-5-2)13(15)11-14(16)17-6-3/h4-5,7-10,13,15H,1,6,11H2,2-3H3/b8-5-,9-7-,12-10+/t13-/m0/s1. The number of rotatable bonds is 7. The number of hydrogen-bond donors (Lipinski definition) is 1. The van der Waals surface area contributed by atoms with Crippen molar-refractivity contribution in [2.45, 2.75) is 26.4 Å². The molecule has 0 aromatic heterocycles. The number of aliphatic hydroxyl groups excluding tert-OH is 1. The molecule has 0 aromatic carbocycles. The van der Waals surface area contributed by atoms with Crippen LogP contribution in [0.5, 0.6) is 0 Å². The first kappa shape index (κ1) is 15.4. The first-order valence-corrected chi connectivity index (χ1v) is 5.61. The van der Waals surface area contributed by atoms with E-state index >= 15 is 0 Å². The minimum atomic E-state index is -0.860. The van der Waals surface area contributed by atoms with Crippen molar-refractivity contribution in [1.29, 1.82) is 0 Å². The Labute approximate surface area is 103 Å². The van der Waals surface area contributed by atoms with Gasteiger partial charge in [-0.15, -0.1) is 0 Å². The monoisotopic (exact) mass is 236 g/mol. The first-order valence-electron chi connectivity index (χ1n) is 5.61. The van der Waals surface area contributed by atoms with Crippen LogP contribution < -0.4 is 0 Å². The molecule has 0 aliphatic carbocycles. The zero-order valence-corrected chi connectivity index (χ0v) is 10.4. The first-order chi connectivity index (χ1) is 8.15. The molecular weight excluding hydrogens is 216 g/mol. The molecule has 1 atom stereocenters. The summed E-state index contributed by atoms with van der Waals surface area (Å²) in [5, 5.41) is 9.87. The lowest BCUT2D eigenvalue weighted by atomic mass is 10.1. The third kappa shape index (κ3) is 7.30. The fraction of sp³-hybridized carbons (Fsp3) is 0.357. The van der Waals surface area contributed by atoms with E-state index in [1.165, 1.54) is 0 Å². The molecule has 0 saturated heterocycles. The maximum absolute atomic E-state index is 11.2. The lowest BCUT2D eigenvalue weighted by molar-refractivity contribution is -0.144. The van der Waals surface area contributed by atoms with E-state index < -0.39 is 12.1 Å². The summed E-state index contributed by atoms with van der Waals surface area (Å²) in [6, 6.07) is 0. The van der Waals surface area contributed by atoms with E-state index in [-0.39, 0.29) is 6.42 Å². The van der Waals surface area contributed by atoms with Crippen LogP contribution in [0.4, 0.5) is 0 Å². The predicted molar refractivity (Wildman–Crippen MR) is 69.5 cm³/mol. The smallest absolute Gasteiger partial charge is 0.308 e. The SMILES string of the molecule is C=C\C=C/C(=C\C=C/C)[C@@H](O)CC(=O)OCC. The number of esters is 1. The number of aliphatic hydroxyl groups is 1. The maximum atomic E-state index is 11.2. The van der Waals surface area contributed by atoms with E-state index in [0.29, 0.717) is 12.2 Å². The molecule has 3 heteroatoms. The molecule has 0 aromatic rings. The number of carbonyl (C=O) groups excluding carboxylic acids is 1. The van der Waals surface area contributed by atoms with Crippen LogP contribution in [0.2, 0.25) is 0 Å². The summed E-state index contributed by atoms with van der Waals surface area (Å²) < 4.78 is 4.78. The lowest BCUT2D eigenvalue weighted by Gasteiger charge is -2.10. The van der Waals surface area contributed by atoms with Gasteiger partial charge in [0.25, 0.3) is 0 Å².